The molecule has 33 heavy (non-hydrogen) atoms. The first-order valence-electron chi connectivity index (χ1n) is 11.7. The predicted molar refractivity (Wildman–Crippen MR) is 129 cm³/mol. The monoisotopic (exact) mass is 651 g/mol. The summed E-state index contributed by atoms with van der Waals surface area (Å²) in [7, 11) is 2.98. The molecule has 1 aromatic carbocycles. The van der Waals surface area contributed by atoms with Gasteiger partial charge in [0.2, 0.25) is 0 Å². The topological polar surface area (TPSA) is 77.1 Å². The van der Waals surface area contributed by atoms with Crippen molar-refractivity contribution < 1.29 is 23.8 Å². The summed E-state index contributed by atoms with van der Waals surface area (Å²) >= 11 is 1.16. The fourth-order valence-electron chi connectivity index (χ4n) is 5.20. The third-order valence-electron chi connectivity index (χ3n) is 6.89. The molecule has 4 unspecified atom stereocenters. The molecule has 2 fully saturated rings. The molecule has 0 aliphatic carbocycles. The standard InChI is InChI=1S/C25H35N2O5.Pb/c1-5-12-32-24-9-7-8-21(19(24)15-28)26-22-10-11-27-14-17(6-2)18(13-23(22)27)20(16-30-3)25(29)31-4;/h7-9,15-18,22-23,26H,1,5-6,10-14H2,2-4H3;/b20-16+;. The fourth-order valence-corrected chi connectivity index (χ4v) is 5.77. The maximum atomic E-state index is 12.5. The Balaban J connectivity index is 1.80. The van der Waals surface area contributed by atoms with Crippen LogP contribution in [0.3, 0.4) is 0 Å². The van der Waals surface area contributed by atoms with E-state index in [9.17, 15) is 9.59 Å². The molecule has 2 aliphatic rings. The van der Waals surface area contributed by atoms with E-state index in [-0.39, 0.29) is 24.0 Å². The number of aldehydes is 1. The van der Waals surface area contributed by atoms with E-state index in [0.717, 1.165) is 76.5 Å². The summed E-state index contributed by atoms with van der Waals surface area (Å²) in [6, 6.07) is 6.19. The summed E-state index contributed by atoms with van der Waals surface area (Å²) in [5.74, 6) is 0.760. The molecule has 0 saturated carbocycles. The molecule has 1 N–H and O–H groups in total. The second kappa shape index (κ2) is 12.7. The van der Waals surface area contributed by atoms with Gasteiger partial charge in [0, 0.05) is 0 Å². The minimum Gasteiger partial charge on any atom is -0.504 e. The SMILES string of the molecule is CCC1CN2CCC(Nc3cccc(OCC[CH2][Pb])c3C=O)C2CC1/C(=C\OC)C(=O)OC. The molecule has 179 valence electrons. The van der Waals surface area contributed by atoms with E-state index in [0.29, 0.717) is 29.4 Å². The molecule has 0 amide bonds. The van der Waals surface area contributed by atoms with Gasteiger partial charge in [-0.1, -0.05) is 13.3 Å². The summed E-state index contributed by atoms with van der Waals surface area (Å²) in [6.45, 7) is 4.75. The molecular weight excluding hydrogens is 615 g/mol. The van der Waals surface area contributed by atoms with Crippen LogP contribution < -0.4 is 10.1 Å². The Bertz CT molecular complexity index is 846. The first-order chi connectivity index (χ1) is 16.1. The van der Waals surface area contributed by atoms with E-state index in [1.807, 2.05) is 18.2 Å². The van der Waals surface area contributed by atoms with Crippen molar-refractivity contribution in [3.8, 4) is 5.75 Å². The third-order valence-corrected chi connectivity index (χ3v) is 8.26. The van der Waals surface area contributed by atoms with Gasteiger partial charge < -0.3 is 9.47 Å². The summed E-state index contributed by atoms with van der Waals surface area (Å²) in [5.41, 5.74) is 2.01. The van der Waals surface area contributed by atoms with Crippen LogP contribution in [0.1, 0.15) is 43.0 Å². The maximum absolute atomic E-state index is 12.5. The van der Waals surface area contributed by atoms with Crippen molar-refractivity contribution in [1.82, 2.24) is 4.90 Å². The van der Waals surface area contributed by atoms with E-state index in [4.69, 9.17) is 14.2 Å². The van der Waals surface area contributed by atoms with Crippen LogP contribution >= 0.6 is 0 Å². The number of piperidine rings is 1. The molecule has 2 saturated heterocycles. The first-order valence-corrected chi connectivity index (χ1v) is 14.5. The number of rotatable bonds is 11. The van der Waals surface area contributed by atoms with Gasteiger partial charge in [-0.15, -0.1) is 0 Å². The van der Waals surface area contributed by atoms with Crippen molar-refractivity contribution in [2.75, 3.05) is 39.2 Å². The Morgan fingerprint density at radius 1 is 1.33 bits per heavy atom. The number of fused-ring (bicyclic) bond motifs is 1. The second-order valence-electron chi connectivity index (χ2n) is 8.70. The van der Waals surface area contributed by atoms with Crippen molar-refractivity contribution in [2.24, 2.45) is 11.8 Å². The Labute approximate surface area is 212 Å². The quantitative estimate of drug-likeness (QED) is 0.0983. The van der Waals surface area contributed by atoms with Crippen LogP contribution in [0.15, 0.2) is 30.0 Å². The number of hydrogen-bond donors (Lipinski definition) is 1. The molecule has 4 atom stereocenters. The van der Waals surface area contributed by atoms with Gasteiger partial charge in [-0.25, -0.2) is 4.79 Å². The number of carbonyl (C=O) groups excluding carboxylic acids is 2. The van der Waals surface area contributed by atoms with Crippen molar-refractivity contribution in [3.05, 3.63) is 35.6 Å². The van der Waals surface area contributed by atoms with Gasteiger partial charge in [0.1, 0.15) is 0 Å². The number of methoxy groups -OCH3 is 2. The number of esters is 1. The number of nitrogens with zero attached hydrogens (tertiary/aromatic N) is 1. The van der Waals surface area contributed by atoms with Gasteiger partial charge in [0.15, 0.2) is 0 Å². The molecule has 2 heterocycles. The molecule has 0 aromatic heterocycles. The van der Waals surface area contributed by atoms with Crippen molar-refractivity contribution >= 4 is 43.7 Å². The van der Waals surface area contributed by atoms with Gasteiger partial charge in [-0.3, -0.25) is 0 Å². The van der Waals surface area contributed by atoms with Gasteiger partial charge in [-0.05, 0) is 5.92 Å². The normalized spacial score (nSPS) is 25.3. The van der Waals surface area contributed by atoms with Crippen LogP contribution in [0.4, 0.5) is 5.69 Å². The number of benzene rings is 1. The Morgan fingerprint density at radius 3 is 2.82 bits per heavy atom. The van der Waals surface area contributed by atoms with Gasteiger partial charge in [0.05, 0.1) is 26.1 Å². The molecule has 3 radical (unpaired) electrons. The van der Waals surface area contributed by atoms with Gasteiger partial charge >= 0.3 is 154 Å². The van der Waals surface area contributed by atoms with Crippen molar-refractivity contribution in [3.63, 3.8) is 0 Å². The zero-order chi connectivity index (χ0) is 23.8. The molecule has 7 nitrogen and oxygen atoms in total. The van der Waals surface area contributed by atoms with Crippen LogP contribution in [0, 0.1) is 11.8 Å². The number of hydrogen-bond acceptors (Lipinski definition) is 7. The van der Waals surface area contributed by atoms with E-state index >= 15 is 0 Å². The molecule has 3 rings (SSSR count). The molecule has 8 heteroatoms. The average molecular weight is 651 g/mol. The van der Waals surface area contributed by atoms with Crippen molar-refractivity contribution in [2.45, 2.75) is 48.7 Å². The first kappa shape index (κ1) is 26.0. The Morgan fingerprint density at radius 2 is 2.15 bits per heavy atom. The van der Waals surface area contributed by atoms with E-state index < -0.39 is 0 Å². The molecular formula is C25H35N2O5Pb. The summed E-state index contributed by atoms with van der Waals surface area (Å²) in [6.07, 6.45) is 6.26. The van der Waals surface area contributed by atoms with E-state index in [1.54, 1.807) is 13.4 Å². The van der Waals surface area contributed by atoms with E-state index in [2.05, 4.69) is 17.1 Å². The van der Waals surface area contributed by atoms with Crippen LogP contribution in [0.25, 0.3) is 0 Å². The molecule has 1 aromatic rings. The van der Waals surface area contributed by atoms with Crippen molar-refractivity contribution in [1.29, 1.82) is 0 Å². The number of carbonyl (C=O) groups is 2. The average Bonchev–Trinajstić information content (AvgIpc) is 3.23. The molecule has 0 bridgehead atoms. The second-order valence-corrected chi connectivity index (χ2v) is 10.6. The Hall–Kier alpha value is -1.62. The zero-order valence-electron chi connectivity index (χ0n) is 19.8. The summed E-state index contributed by atoms with van der Waals surface area (Å²) < 4.78 is 17.4. The van der Waals surface area contributed by atoms with Gasteiger partial charge in [0.25, 0.3) is 0 Å². The summed E-state index contributed by atoms with van der Waals surface area (Å²) in [5, 5.41) is 3.65. The number of nitrogens with one attached hydrogen (secondary N) is 1. The zero-order valence-corrected chi connectivity index (χ0v) is 23.7. The predicted octanol–water partition coefficient (Wildman–Crippen LogP) is 3.46. The van der Waals surface area contributed by atoms with Crippen LogP contribution in [0.5, 0.6) is 5.75 Å². The number of anilines is 1. The minimum absolute atomic E-state index is 0.0730. The van der Waals surface area contributed by atoms with Crippen LogP contribution in [-0.2, 0) is 14.3 Å². The minimum atomic E-state index is -0.320. The third kappa shape index (κ3) is 6.09. The van der Waals surface area contributed by atoms with Gasteiger partial charge in [-0.2, -0.15) is 0 Å². The molecule has 2 aliphatic heterocycles. The fraction of sp³-hybridized carbons (Fsp3) is 0.600. The summed E-state index contributed by atoms with van der Waals surface area (Å²) in [4.78, 5) is 27.0. The van der Waals surface area contributed by atoms with Crippen LogP contribution in [-0.4, -0.2) is 88.9 Å². The Kier molecular flexibility index (Phi) is 10.0. The molecule has 0 spiro atoms. The number of ether oxygens (including phenoxy) is 3. The smallest absolute Gasteiger partial charge is 0.504 e. The van der Waals surface area contributed by atoms with Crippen LogP contribution in [0.2, 0.25) is 3.98 Å². The van der Waals surface area contributed by atoms with E-state index in [1.165, 1.54) is 11.1 Å².